The van der Waals surface area contributed by atoms with Crippen molar-refractivity contribution < 1.29 is 9.59 Å². The van der Waals surface area contributed by atoms with Crippen LogP contribution in [0.4, 0.5) is 10.5 Å². The number of H-pyrrole nitrogens is 1. The first-order valence-electron chi connectivity index (χ1n) is 10.1. The van der Waals surface area contributed by atoms with Gasteiger partial charge in [0.15, 0.2) is 5.69 Å². The van der Waals surface area contributed by atoms with E-state index < -0.39 is 0 Å². The molecule has 1 aromatic carbocycles. The predicted molar refractivity (Wildman–Crippen MR) is 108 cm³/mol. The molecule has 2 bridgehead atoms. The molecule has 3 atom stereocenters. The topological polar surface area (TPSA) is 102 Å². The van der Waals surface area contributed by atoms with Gasteiger partial charge in [0, 0.05) is 35.7 Å². The van der Waals surface area contributed by atoms with Crippen molar-refractivity contribution in [3.05, 3.63) is 23.9 Å². The van der Waals surface area contributed by atoms with E-state index in [1.807, 2.05) is 13.0 Å². The lowest BCUT2D eigenvalue weighted by Gasteiger charge is -2.36. The van der Waals surface area contributed by atoms with Crippen molar-refractivity contribution in [3.8, 4) is 0 Å². The van der Waals surface area contributed by atoms with E-state index in [4.69, 9.17) is 0 Å². The number of fused-ring (bicyclic) bond motifs is 3. The lowest BCUT2D eigenvalue weighted by atomic mass is 9.98. The number of nitrogens with zero attached hydrogens (tertiary/aromatic N) is 2. The largest absolute Gasteiger partial charge is 0.348 e. The molecule has 0 spiro atoms. The third kappa shape index (κ3) is 3.69. The summed E-state index contributed by atoms with van der Waals surface area (Å²) in [5.74, 6) is -0.159. The van der Waals surface area contributed by atoms with Crippen LogP contribution >= 0.6 is 0 Å². The number of rotatable bonds is 5. The van der Waals surface area contributed by atoms with E-state index in [-0.39, 0.29) is 18.0 Å². The Balaban J connectivity index is 1.46. The third-order valence-electron chi connectivity index (χ3n) is 6.00. The molecule has 2 aliphatic heterocycles. The van der Waals surface area contributed by atoms with E-state index in [2.05, 4.69) is 38.1 Å². The number of amides is 3. The summed E-state index contributed by atoms with van der Waals surface area (Å²) in [4.78, 5) is 27.2. The number of carbonyl (C=O) groups is 2. The molecule has 2 aliphatic rings. The van der Waals surface area contributed by atoms with Crippen LogP contribution < -0.4 is 16.0 Å². The van der Waals surface area contributed by atoms with Gasteiger partial charge < -0.3 is 20.9 Å². The number of benzene rings is 1. The lowest BCUT2D eigenvalue weighted by molar-refractivity contribution is 0.0879. The predicted octanol–water partition coefficient (Wildman–Crippen LogP) is 2.45. The number of anilines is 1. The highest BCUT2D eigenvalue weighted by Gasteiger charge is 2.39. The molecule has 0 aliphatic carbocycles. The number of urea groups is 1. The number of nitrogens with one attached hydrogen (secondary N) is 4. The summed E-state index contributed by atoms with van der Waals surface area (Å²) >= 11 is 0. The van der Waals surface area contributed by atoms with Crippen LogP contribution in [-0.2, 0) is 0 Å². The zero-order valence-corrected chi connectivity index (χ0v) is 16.4. The van der Waals surface area contributed by atoms with Gasteiger partial charge in [-0.05, 0) is 57.4 Å². The molecule has 3 heterocycles. The molecular formula is C20H28N6O2. The van der Waals surface area contributed by atoms with Crippen molar-refractivity contribution in [3.63, 3.8) is 0 Å². The quantitative estimate of drug-likeness (QED) is 0.636. The minimum atomic E-state index is -0.252. The van der Waals surface area contributed by atoms with E-state index in [0.29, 0.717) is 35.4 Å². The average molecular weight is 384 g/mol. The van der Waals surface area contributed by atoms with Gasteiger partial charge in [-0.3, -0.25) is 9.89 Å². The smallest absolute Gasteiger partial charge is 0.319 e. The van der Waals surface area contributed by atoms with Gasteiger partial charge >= 0.3 is 6.03 Å². The minimum Gasteiger partial charge on any atom is -0.348 e. The molecule has 2 aromatic rings. The van der Waals surface area contributed by atoms with Gasteiger partial charge in [-0.2, -0.15) is 5.10 Å². The Kier molecular flexibility index (Phi) is 5.21. The minimum absolute atomic E-state index is 0.159. The molecule has 28 heavy (non-hydrogen) atoms. The lowest BCUT2D eigenvalue weighted by Crippen LogP contribution is -2.48. The van der Waals surface area contributed by atoms with Gasteiger partial charge in [-0.15, -0.1) is 0 Å². The Morgan fingerprint density at radius 3 is 2.71 bits per heavy atom. The van der Waals surface area contributed by atoms with Crippen LogP contribution in [0.25, 0.3) is 10.9 Å². The van der Waals surface area contributed by atoms with Crippen LogP contribution in [0.1, 0.15) is 49.5 Å². The molecule has 4 rings (SSSR count). The number of hydrogen-bond acceptors (Lipinski definition) is 4. The molecule has 0 saturated carbocycles. The second-order valence-electron chi connectivity index (χ2n) is 7.91. The molecule has 2 saturated heterocycles. The highest BCUT2D eigenvalue weighted by molar-refractivity contribution is 6.06. The Hall–Kier alpha value is -2.61. The van der Waals surface area contributed by atoms with Crippen LogP contribution in [0, 0.1) is 0 Å². The summed E-state index contributed by atoms with van der Waals surface area (Å²) < 4.78 is 0. The fraction of sp³-hybridized carbons (Fsp3) is 0.550. The third-order valence-corrected chi connectivity index (χ3v) is 6.00. The maximum Gasteiger partial charge on any atom is 0.319 e. The van der Waals surface area contributed by atoms with E-state index >= 15 is 0 Å². The molecule has 3 amide bonds. The molecule has 1 aromatic heterocycles. The number of carbonyl (C=O) groups excluding carboxylic acids is 2. The van der Waals surface area contributed by atoms with E-state index in [9.17, 15) is 9.59 Å². The summed E-state index contributed by atoms with van der Waals surface area (Å²) in [5, 5.41) is 16.6. The zero-order valence-electron chi connectivity index (χ0n) is 16.4. The van der Waals surface area contributed by atoms with Crippen LogP contribution in [-0.4, -0.2) is 58.8 Å². The van der Waals surface area contributed by atoms with Crippen LogP contribution in [0.15, 0.2) is 18.2 Å². The summed E-state index contributed by atoms with van der Waals surface area (Å²) in [5.41, 5.74) is 1.78. The summed E-state index contributed by atoms with van der Waals surface area (Å²) in [6.07, 6.45) is 5.29. The first-order chi connectivity index (χ1) is 13.5. The van der Waals surface area contributed by atoms with Crippen molar-refractivity contribution in [2.75, 3.05) is 18.9 Å². The van der Waals surface area contributed by atoms with Crippen LogP contribution in [0.3, 0.4) is 0 Å². The Labute approximate surface area is 164 Å². The second kappa shape index (κ2) is 7.79. The Bertz CT molecular complexity index is 865. The highest BCUT2D eigenvalue weighted by atomic mass is 16.2. The summed E-state index contributed by atoms with van der Waals surface area (Å²) in [7, 11) is 2.19. The monoisotopic (exact) mass is 384 g/mol. The fourth-order valence-corrected chi connectivity index (χ4v) is 4.46. The Morgan fingerprint density at radius 1 is 1.25 bits per heavy atom. The normalized spacial score (nSPS) is 24.3. The average Bonchev–Trinajstić information content (AvgIpc) is 3.16. The van der Waals surface area contributed by atoms with E-state index in [1.54, 1.807) is 12.1 Å². The summed E-state index contributed by atoms with van der Waals surface area (Å²) in [6, 6.07) is 6.48. The Morgan fingerprint density at radius 2 is 2.00 bits per heavy atom. The molecule has 4 N–H and O–H groups in total. The van der Waals surface area contributed by atoms with Crippen molar-refractivity contribution in [1.29, 1.82) is 0 Å². The van der Waals surface area contributed by atoms with Crippen LogP contribution in [0.2, 0.25) is 0 Å². The SMILES string of the molecule is CCCNC(=O)Nc1ccc2[nH]nc(C(=O)N[C@H]3C[C@H]4CC[C@@H](C3)N4C)c2c1. The first kappa shape index (κ1) is 18.7. The van der Waals surface area contributed by atoms with Gasteiger partial charge in [-0.1, -0.05) is 6.92 Å². The van der Waals surface area contributed by atoms with Gasteiger partial charge in [0.1, 0.15) is 0 Å². The zero-order chi connectivity index (χ0) is 19.7. The van der Waals surface area contributed by atoms with Crippen molar-refractivity contribution >= 4 is 28.5 Å². The van der Waals surface area contributed by atoms with Crippen molar-refractivity contribution in [1.82, 2.24) is 25.7 Å². The second-order valence-corrected chi connectivity index (χ2v) is 7.91. The number of hydrogen-bond donors (Lipinski definition) is 4. The number of aromatic nitrogens is 2. The number of aromatic amines is 1. The van der Waals surface area contributed by atoms with E-state index in [1.165, 1.54) is 12.8 Å². The highest BCUT2D eigenvalue weighted by Crippen LogP contribution is 2.34. The van der Waals surface area contributed by atoms with Crippen molar-refractivity contribution in [2.45, 2.75) is 57.2 Å². The molecule has 0 unspecified atom stereocenters. The van der Waals surface area contributed by atoms with Crippen LogP contribution in [0.5, 0.6) is 0 Å². The fourth-order valence-electron chi connectivity index (χ4n) is 4.46. The number of piperidine rings is 1. The van der Waals surface area contributed by atoms with E-state index in [0.717, 1.165) is 24.8 Å². The molecule has 2 fully saturated rings. The van der Waals surface area contributed by atoms with Crippen molar-refractivity contribution in [2.24, 2.45) is 0 Å². The molecule has 0 radical (unpaired) electrons. The first-order valence-corrected chi connectivity index (χ1v) is 10.1. The maximum atomic E-state index is 12.9. The van der Waals surface area contributed by atoms with Gasteiger partial charge in [-0.25, -0.2) is 4.79 Å². The van der Waals surface area contributed by atoms with Gasteiger partial charge in [0.2, 0.25) is 0 Å². The van der Waals surface area contributed by atoms with Gasteiger partial charge in [0.25, 0.3) is 5.91 Å². The summed E-state index contributed by atoms with van der Waals surface area (Å²) in [6.45, 7) is 2.62. The maximum absolute atomic E-state index is 12.9. The molecule has 8 heteroatoms. The molecule has 150 valence electrons. The van der Waals surface area contributed by atoms with Gasteiger partial charge in [0.05, 0.1) is 5.52 Å². The molecular weight excluding hydrogens is 356 g/mol. The molecule has 8 nitrogen and oxygen atoms in total. The standard InChI is InChI=1S/C20H28N6O2/c1-3-8-21-20(28)23-12-4-7-17-16(11-12)18(25-24-17)19(27)22-13-9-14-5-6-15(10-13)26(14)2/h4,7,11,13-15H,3,5-6,8-10H2,1-2H3,(H,22,27)(H,24,25)(H2,21,23,28)/t13-,14+,15-.